The maximum absolute atomic E-state index is 12.5. The fraction of sp³-hybridized carbons (Fsp3) is 0.444. The van der Waals surface area contributed by atoms with Crippen LogP contribution in [0.1, 0.15) is 43.5 Å². The summed E-state index contributed by atoms with van der Waals surface area (Å²) in [6.07, 6.45) is 7.08. The SMILES string of the molecule is CC1CCCC(C)C1NC(=O)c1cnn(-c2ccccc2)c1. The standard InChI is InChI=1S/C18H23N3O/c1-13-7-6-8-14(2)17(13)20-18(22)15-11-19-21(12-15)16-9-4-3-5-10-16/h3-5,9-14,17H,6-8H2,1-2H3,(H,20,22). The summed E-state index contributed by atoms with van der Waals surface area (Å²) in [5.41, 5.74) is 1.58. The summed E-state index contributed by atoms with van der Waals surface area (Å²) in [6.45, 7) is 4.46. The molecule has 0 bridgehead atoms. The van der Waals surface area contributed by atoms with E-state index in [1.54, 1.807) is 17.1 Å². The first-order valence-corrected chi connectivity index (χ1v) is 8.06. The molecule has 116 valence electrons. The van der Waals surface area contributed by atoms with Gasteiger partial charge in [0.05, 0.1) is 17.4 Å². The van der Waals surface area contributed by atoms with Gasteiger partial charge in [0, 0.05) is 12.2 Å². The van der Waals surface area contributed by atoms with Crippen LogP contribution in [-0.2, 0) is 0 Å². The Morgan fingerprint density at radius 3 is 2.55 bits per heavy atom. The van der Waals surface area contributed by atoms with E-state index in [9.17, 15) is 4.79 Å². The first-order valence-electron chi connectivity index (χ1n) is 8.06. The Balaban J connectivity index is 1.72. The van der Waals surface area contributed by atoms with E-state index < -0.39 is 0 Å². The minimum atomic E-state index is -0.0206. The molecule has 1 aromatic carbocycles. The molecule has 0 radical (unpaired) electrons. The molecule has 0 spiro atoms. The summed E-state index contributed by atoms with van der Waals surface area (Å²) in [5.74, 6) is 1.06. The molecule has 1 fully saturated rings. The Morgan fingerprint density at radius 1 is 1.18 bits per heavy atom. The number of rotatable bonds is 3. The van der Waals surface area contributed by atoms with E-state index in [2.05, 4.69) is 24.3 Å². The predicted molar refractivity (Wildman–Crippen MR) is 87.0 cm³/mol. The number of amides is 1. The molecule has 4 heteroatoms. The summed E-state index contributed by atoms with van der Waals surface area (Å²) in [4.78, 5) is 12.5. The maximum Gasteiger partial charge on any atom is 0.254 e. The van der Waals surface area contributed by atoms with Crippen LogP contribution in [0.4, 0.5) is 0 Å². The molecule has 1 aliphatic rings. The highest BCUT2D eigenvalue weighted by Gasteiger charge is 2.29. The zero-order chi connectivity index (χ0) is 15.5. The Bertz CT molecular complexity index is 625. The Hall–Kier alpha value is -2.10. The number of hydrogen-bond acceptors (Lipinski definition) is 2. The van der Waals surface area contributed by atoms with E-state index in [-0.39, 0.29) is 11.9 Å². The van der Waals surface area contributed by atoms with Crippen LogP contribution in [0.25, 0.3) is 5.69 Å². The van der Waals surface area contributed by atoms with Gasteiger partial charge in [0.1, 0.15) is 0 Å². The van der Waals surface area contributed by atoms with E-state index in [1.165, 1.54) is 19.3 Å². The van der Waals surface area contributed by atoms with Gasteiger partial charge in [0.25, 0.3) is 5.91 Å². The van der Waals surface area contributed by atoms with Crippen LogP contribution >= 0.6 is 0 Å². The lowest BCUT2D eigenvalue weighted by Crippen LogP contribution is -2.45. The summed E-state index contributed by atoms with van der Waals surface area (Å²) >= 11 is 0. The molecule has 1 saturated carbocycles. The summed E-state index contributed by atoms with van der Waals surface area (Å²) in [6, 6.07) is 10.1. The highest BCUT2D eigenvalue weighted by Crippen LogP contribution is 2.29. The number of hydrogen-bond donors (Lipinski definition) is 1. The van der Waals surface area contributed by atoms with Crippen LogP contribution in [0.5, 0.6) is 0 Å². The minimum absolute atomic E-state index is 0.0206. The monoisotopic (exact) mass is 297 g/mol. The van der Waals surface area contributed by atoms with Crippen molar-refractivity contribution in [1.82, 2.24) is 15.1 Å². The lowest BCUT2D eigenvalue weighted by molar-refractivity contribution is 0.0880. The third-order valence-electron chi connectivity index (χ3n) is 4.71. The molecule has 1 heterocycles. The second-order valence-electron chi connectivity index (χ2n) is 6.39. The van der Waals surface area contributed by atoms with Crippen molar-refractivity contribution >= 4 is 5.91 Å². The molecule has 3 rings (SSSR count). The average molecular weight is 297 g/mol. The number of nitrogens with zero attached hydrogens (tertiary/aromatic N) is 2. The zero-order valence-corrected chi connectivity index (χ0v) is 13.2. The van der Waals surface area contributed by atoms with Crippen LogP contribution in [0.3, 0.4) is 0 Å². The maximum atomic E-state index is 12.5. The molecule has 2 aromatic rings. The van der Waals surface area contributed by atoms with E-state index in [4.69, 9.17) is 0 Å². The number of aromatic nitrogens is 2. The molecule has 4 nitrogen and oxygen atoms in total. The van der Waals surface area contributed by atoms with Crippen molar-refractivity contribution in [3.8, 4) is 5.69 Å². The Morgan fingerprint density at radius 2 is 1.86 bits per heavy atom. The van der Waals surface area contributed by atoms with Gasteiger partial charge in [-0.1, -0.05) is 38.5 Å². The fourth-order valence-electron chi connectivity index (χ4n) is 3.36. The van der Waals surface area contributed by atoms with Gasteiger partial charge in [-0.2, -0.15) is 5.10 Å². The van der Waals surface area contributed by atoms with Gasteiger partial charge in [-0.25, -0.2) is 4.68 Å². The van der Waals surface area contributed by atoms with Crippen LogP contribution in [-0.4, -0.2) is 21.7 Å². The lowest BCUT2D eigenvalue weighted by atomic mass is 9.78. The van der Waals surface area contributed by atoms with Crippen molar-refractivity contribution < 1.29 is 4.79 Å². The second-order valence-corrected chi connectivity index (χ2v) is 6.39. The van der Waals surface area contributed by atoms with Gasteiger partial charge < -0.3 is 5.32 Å². The highest BCUT2D eigenvalue weighted by molar-refractivity contribution is 5.94. The van der Waals surface area contributed by atoms with Gasteiger partial charge >= 0.3 is 0 Å². The quantitative estimate of drug-likeness (QED) is 0.943. The van der Waals surface area contributed by atoms with Crippen LogP contribution in [0.2, 0.25) is 0 Å². The van der Waals surface area contributed by atoms with E-state index >= 15 is 0 Å². The molecule has 2 unspecified atom stereocenters. The second kappa shape index (κ2) is 6.34. The number of carbonyl (C=O) groups excluding carboxylic acids is 1. The third kappa shape index (κ3) is 3.06. The van der Waals surface area contributed by atoms with Crippen LogP contribution in [0, 0.1) is 11.8 Å². The Kier molecular flexibility index (Phi) is 4.27. The van der Waals surface area contributed by atoms with Gasteiger partial charge in [0.2, 0.25) is 0 Å². The topological polar surface area (TPSA) is 46.9 Å². The number of nitrogens with one attached hydrogen (secondary N) is 1. The number of benzene rings is 1. The first kappa shape index (κ1) is 14.8. The van der Waals surface area contributed by atoms with Gasteiger partial charge in [0.15, 0.2) is 0 Å². The minimum Gasteiger partial charge on any atom is -0.349 e. The molecule has 1 aliphatic carbocycles. The molecule has 1 aromatic heterocycles. The van der Waals surface area contributed by atoms with E-state index in [0.29, 0.717) is 17.4 Å². The van der Waals surface area contributed by atoms with Crippen LogP contribution < -0.4 is 5.32 Å². The van der Waals surface area contributed by atoms with Crippen molar-refractivity contribution in [3.05, 3.63) is 48.3 Å². The predicted octanol–water partition coefficient (Wildman–Crippen LogP) is 3.43. The van der Waals surface area contributed by atoms with Gasteiger partial charge in [-0.15, -0.1) is 0 Å². The van der Waals surface area contributed by atoms with Crippen molar-refractivity contribution in [2.75, 3.05) is 0 Å². The molecular weight excluding hydrogens is 274 g/mol. The third-order valence-corrected chi connectivity index (χ3v) is 4.71. The number of para-hydroxylation sites is 1. The summed E-state index contributed by atoms with van der Waals surface area (Å²) in [5, 5.41) is 7.50. The molecular formula is C18H23N3O. The van der Waals surface area contributed by atoms with Crippen molar-refractivity contribution in [2.45, 2.75) is 39.2 Å². The van der Waals surface area contributed by atoms with Gasteiger partial charge in [-0.3, -0.25) is 4.79 Å². The zero-order valence-electron chi connectivity index (χ0n) is 13.2. The summed E-state index contributed by atoms with van der Waals surface area (Å²) in [7, 11) is 0. The molecule has 2 atom stereocenters. The Labute approximate surface area is 131 Å². The smallest absolute Gasteiger partial charge is 0.254 e. The molecule has 0 aliphatic heterocycles. The molecule has 1 amide bonds. The number of carbonyl (C=O) groups is 1. The lowest BCUT2D eigenvalue weighted by Gasteiger charge is -2.35. The van der Waals surface area contributed by atoms with Crippen molar-refractivity contribution in [1.29, 1.82) is 0 Å². The normalized spacial score (nSPS) is 24.9. The highest BCUT2D eigenvalue weighted by atomic mass is 16.1. The fourth-order valence-corrected chi connectivity index (χ4v) is 3.36. The first-order chi connectivity index (χ1) is 10.6. The molecule has 22 heavy (non-hydrogen) atoms. The molecule has 1 N–H and O–H groups in total. The van der Waals surface area contributed by atoms with Crippen molar-refractivity contribution in [2.24, 2.45) is 11.8 Å². The van der Waals surface area contributed by atoms with Crippen LogP contribution in [0.15, 0.2) is 42.7 Å². The summed E-state index contributed by atoms with van der Waals surface area (Å²) < 4.78 is 1.74. The van der Waals surface area contributed by atoms with Crippen molar-refractivity contribution in [3.63, 3.8) is 0 Å². The van der Waals surface area contributed by atoms with E-state index in [1.807, 2.05) is 30.3 Å². The average Bonchev–Trinajstić information content (AvgIpc) is 3.02. The molecule has 0 saturated heterocycles. The van der Waals surface area contributed by atoms with Gasteiger partial charge in [-0.05, 0) is 36.8 Å². The van der Waals surface area contributed by atoms with E-state index in [0.717, 1.165) is 5.69 Å². The largest absolute Gasteiger partial charge is 0.349 e.